The molecule has 1 aromatic heterocycles. The number of hydrogen-bond donors (Lipinski definition) is 2. The molecule has 1 atom stereocenters. The van der Waals surface area contributed by atoms with E-state index in [2.05, 4.69) is 10.4 Å². The number of aliphatic hydroxyl groups is 1. The van der Waals surface area contributed by atoms with Gasteiger partial charge in [0.15, 0.2) is 0 Å². The summed E-state index contributed by atoms with van der Waals surface area (Å²) in [7, 11) is 0. The molecule has 1 aromatic rings. The van der Waals surface area contributed by atoms with E-state index in [0.717, 1.165) is 12.8 Å². The van der Waals surface area contributed by atoms with E-state index in [0.29, 0.717) is 18.2 Å². The first-order valence-corrected chi connectivity index (χ1v) is 7.41. The first kappa shape index (κ1) is 15.3. The average Bonchev–Trinajstić information content (AvgIpc) is 2.31. The lowest BCUT2D eigenvalue weighted by Gasteiger charge is -2.31. The number of anilines is 1. The lowest BCUT2D eigenvalue weighted by atomic mass is 9.85. The van der Waals surface area contributed by atoms with Crippen LogP contribution in [0.2, 0.25) is 5.02 Å². The average molecular weight is 300 g/mol. The Bertz CT molecular complexity index is 536. The van der Waals surface area contributed by atoms with E-state index in [1.807, 2.05) is 13.8 Å². The molecule has 0 radical (unpaired) electrons. The molecule has 20 heavy (non-hydrogen) atoms. The molecule has 0 bridgehead atoms. The zero-order valence-corrected chi connectivity index (χ0v) is 12.9. The van der Waals surface area contributed by atoms with Gasteiger partial charge in [0.05, 0.1) is 22.9 Å². The van der Waals surface area contributed by atoms with Crippen molar-refractivity contribution < 1.29 is 5.11 Å². The van der Waals surface area contributed by atoms with Crippen molar-refractivity contribution in [3.63, 3.8) is 0 Å². The van der Waals surface area contributed by atoms with Crippen molar-refractivity contribution in [1.82, 2.24) is 9.78 Å². The third-order valence-electron chi connectivity index (χ3n) is 4.15. The summed E-state index contributed by atoms with van der Waals surface area (Å²) in [6, 6.07) is 0. The molecule has 2 rings (SSSR count). The van der Waals surface area contributed by atoms with Crippen LogP contribution in [0.25, 0.3) is 0 Å². The monoisotopic (exact) mass is 299 g/mol. The fourth-order valence-corrected chi connectivity index (χ4v) is 2.23. The van der Waals surface area contributed by atoms with Gasteiger partial charge in [0.2, 0.25) is 0 Å². The van der Waals surface area contributed by atoms with Crippen LogP contribution in [0.15, 0.2) is 11.0 Å². The van der Waals surface area contributed by atoms with Crippen LogP contribution in [0, 0.1) is 5.92 Å². The second kappa shape index (κ2) is 5.74. The fraction of sp³-hybridized carbons (Fsp3) is 0.714. The molecule has 1 unspecified atom stereocenters. The molecule has 5 nitrogen and oxygen atoms in total. The summed E-state index contributed by atoms with van der Waals surface area (Å²) in [5.41, 5.74) is -0.552. The Morgan fingerprint density at radius 1 is 1.60 bits per heavy atom. The summed E-state index contributed by atoms with van der Waals surface area (Å²) >= 11 is 6.08. The van der Waals surface area contributed by atoms with Gasteiger partial charge in [0.25, 0.3) is 5.56 Å². The fourth-order valence-electron chi connectivity index (χ4n) is 2.06. The Kier molecular flexibility index (Phi) is 4.39. The maximum atomic E-state index is 12.4. The van der Waals surface area contributed by atoms with Crippen molar-refractivity contribution in [3.05, 3.63) is 21.6 Å². The number of nitrogens with zero attached hydrogens (tertiary/aromatic N) is 2. The molecule has 1 aliphatic rings. The molecule has 1 fully saturated rings. The Morgan fingerprint density at radius 3 is 2.75 bits per heavy atom. The quantitative estimate of drug-likeness (QED) is 0.875. The molecule has 0 spiro atoms. The van der Waals surface area contributed by atoms with E-state index >= 15 is 0 Å². The summed E-state index contributed by atoms with van der Waals surface area (Å²) in [5.74, 6) is 0.541. The Morgan fingerprint density at radius 2 is 2.25 bits per heavy atom. The zero-order chi connectivity index (χ0) is 14.9. The summed E-state index contributed by atoms with van der Waals surface area (Å²) in [5, 5.41) is 17.2. The number of aromatic nitrogens is 2. The van der Waals surface area contributed by atoms with E-state index in [9.17, 15) is 9.90 Å². The Hall–Kier alpha value is -1.07. The predicted octanol–water partition coefficient (Wildman–Crippen LogP) is 2.27. The normalized spacial score (nSPS) is 17.6. The molecular formula is C14H22ClN3O2. The van der Waals surface area contributed by atoms with Gasteiger partial charge in [-0.2, -0.15) is 5.10 Å². The molecule has 1 saturated carbocycles. The number of nitrogens with one attached hydrogen (secondary N) is 1. The minimum atomic E-state index is -0.640. The van der Waals surface area contributed by atoms with Crippen LogP contribution in [0.1, 0.15) is 40.0 Å². The van der Waals surface area contributed by atoms with Crippen molar-refractivity contribution in [2.75, 3.05) is 5.32 Å². The van der Waals surface area contributed by atoms with Crippen LogP contribution in [-0.4, -0.2) is 26.5 Å². The molecule has 0 aromatic carbocycles. The number of hydrogen-bond acceptors (Lipinski definition) is 4. The highest BCUT2D eigenvalue weighted by atomic mass is 35.5. The van der Waals surface area contributed by atoms with Gasteiger partial charge in [-0.25, -0.2) is 4.68 Å². The second-order valence-electron chi connectivity index (χ2n) is 6.17. The molecule has 112 valence electrons. The van der Waals surface area contributed by atoms with E-state index < -0.39 is 11.6 Å². The maximum Gasteiger partial charge on any atom is 0.291 e. The molecule has 0 amide bonds. The highest BCUT2D eigenvalue weighted by molar-refractivity contribution is 6.33. The highest BCUT2D eigenvalue weighted by Gasteiger charge is 2.27. The Balaban J connectivity index is 2.27. The molecule has 1 aliphatic carbocycles. The molecule has 6 heteroatoms. The van der Waals surface area contributed by atoms with Crippen molar-refractivity contribution in [2.45, 2.75) is 58.2 Å². The molecule has 0 aliphatic heterocycles. The van der Waals surface area contributed by atoms with Gasteiger partial charge in [-0.05, 0) is 39.5 Å². The number of halogens is 1. The van der Waals surface area contributed by atoms with Gasteiger partial charge in [-0.15, -0.1) is 0 Å². The first-order valence-electron chi connectivity index (χ1n) is 7.03. The van der Waals surface area contributed by atoms with Gasteiger partial charge >= 0.3 is 0 Å². The molecular weight excluding hydrogens is 278 g/mol. The molecule has 0 saturated heterocycles. The predicted molar refractivity (Wildman–Crippen MR) is 80.2 cm³/mol. The third kappa shape index (κ3) is 3.15. The van der Waals surface area contributed by atoms with Crippen LogP contribution in [0.5, 0.6) is 0 Å². The molecule has 1 heterocycles. The van der Waals surface area contributed by atoms with Gasteiger partial charge in [0, 0.05) is 6.54 Å². The second-order valence-corrected chi connectivity index (χ2v) is 6.58. The first-order chi connectivity index (χ1) is 9.31. The van der Waals surface area contributed by atoms with Gasteiger partial charge < -0.3 is 10.4 Å². The van der Waals surface area contributed by atoms with Crippen LogP contribution in [0.4, 0.5) is 5.69 Å². The SMILES string of the molecule is CC(O)C(C)(C)Nc1c(Cl)cnn(CC2CCC2)c1=O. The van der Waals surface area contributed by atoms with Gasteiger partial charge in [-0.1, -0.05) is 18.0 Å². The van der Waals surface area contributed by atoms with Crippen LogP contribution in [0.3, 0.4) is 0 Å². The summed E-state index contributed by atoms with van der Waals surface area (Å²) in [4.78, 5) is 12.4. The largest absolute Gasteiger partial charge is 0.391 e. The molecule has 2 N–H and O–H groups in total. The van der Waals surface area contributed by atoms with Crippen molar-refractivity contribution >= 4 is 17.3 Å². The van der Waals surface area contributed by atoms with Crippen LogP contribution in [-0.2, 0) is 6.54 Å². The summed E-state index contributed by atoms with van der Waals surface area (Å²) in [6.07, 6.45) is 4.40. The smallest absolute Gasteiger partial charge is 0.291 e. The van der Waals surface area contributed by atoms with Crippen LogP contribution < -0.4 is 10.9 Å². The number of aliphatic hydroxyl groups excluding tert-OH is 1. The van der Waals surface area contributed by atoms with Crippen molar-refractivity contribution in [3.8, 4) is 0 Å². The summed E-state index contributed by atoms with van der Waals surface area (Å²) < 4.78 is 1.47. The standard InChI is InChI=1S/C14H22ClN3O2/c1-9(19)14(2,3)17-12-11(15)7-16-18(13(12)20)8-10-5-4-6-10/h7,9-10,17,19H,4-6,8H2,1-3H3. The van der Waals surface area contributed by atoms with Crippen molar-refractivity contribution in [1.29, 1.82) is 0 Å². The van der Waals surface area contributed by atoms with Crippen LogP contribution >= 0.6 is 11.6 Å². The van der Waals surface area contributed by atoms with E-state index in [4.69, 9.17) is 11.6 Å². The maximum absolute atomic E-state index is 12.4. The Labute approximate surface area is 124 Å². The highest BCUT2D eigenvalue weighted by Crippen LogP contribution is 2.28. The van der Waals surface area contributed by atoms with Gasteiger partial charge in [0.1, 0.15) is 5.69 Å². The minimum absolute atomic E-state index is 0.224. The number of rotatable bonds is 5. The van der Waals surface area contributed by atoms with Crippen molar-refractivity contribution in [2.24, 2.45) is 5.92 Å². The lowest BCUT2D eigenvalue weighted by molar-refractivity contribution is 0.133. The zero-order valence-electron chi connectivity index (χ0n) is 12.2. The third-order valence-corrected chi connectivity index (χ3v) is 4.43. The minimum Gasteiger partial charge on any atom is -0.391 e. The van der Waals surface area contributed by atoms with E-state index in [1.54, 1.807) is 6.92 Å². The summed E-state index contributed by atoms with van der Waals surface area (Å²) in [6.45, 7) is 5.96. The lowest BCUT2D eigenvalue weighted by Crippen LogP contribution is -2.44. The van der Waals surface area contributed by atoms with Gasteiger partial charge in [-0.3, -0.25) is 4.79 Å². The van der Waals surface area contributed by atoms with E-state index in [1.165, 1.54) is 17.3 Å². The van der Waals surface area contributed by atoms with E-state index in [-0.39, 0.29) is 10.6 Å². The topological polar surface area (TPSA) is 67.2 Å².